The molecule has 1 aromatic heterocycles. The van der Waals surface area contributed by atoms with Crippen LogP contribution in [-0.2, 0) is 13.5 Å². The zero-order valence-corrected chi connectivity index (χ0v) is 12.6. The Hall–Kier alpha value is -1.24. The van der Waals surface area contributed by atoms with Crippen LogP contribution in [0.2, 0.25) is 0 Å². The number of hydrogen-bond donors (Lipinski definition) is 1. The van der Waals surface area contributed by atoms with Crippen LogP contribution in [-0.4, -0.2) is 33.3 Å². The Bertz CT molecular complexity index is 420. The Morgan fingerprint density at radius 1 is 1.42 bits per heavy atom. The summed E-state index contributed by atoms with van der Waals surface area (Å²) >= 11 is 1.85. The monoisotopic (exact) mass is 286 g/mol. The van der Waals surface area contributed by atoms with Gasteiger partial charge in [-0.05, 0) is 31.3 Å². The maximum Gasteiger partial charge on any atom is 0.333 e. The maximum absolute atomic E-state index is 11.1. The van der Waals surface area contributed by atoms with Gasteiger partial charge in [0.15, 0.2) is 0 Å². The van der Waals surface area contributed by atoms with Crippen molar-refractivity contribution in [2.75, 3.05) is 23.9 Å². The summed E-state index contributed by atoms with van der Waals surface area (Å²) in [5.74, 6) is 1.69. The molecule has 0 radical (unpaired) electrons. The molecule has 0 aliphatic heterocycles. The van der Waals surface area contributed by atoms with Crippen LogP contribution >= 0.6 is 11.8 Å². The molecule has 0 atom stereocenters. The molecule has 19 heavy (non-hydrogen) atoms. The number of aromatic nitrogens is 2. The van der Waals surface area contributed by atoms with E-state index in [2.05, 4.69) is 16.7 Å². The van der Waals surface area contributed by atoms with Gasteiger partial charge in [-0.3, -0.25) is 10.1 Å². The number of nitro groups is 1. The number of thioether (sulfide) groups is 1. The third-order valence-corrected chi connectivity index (χ3v) is 3.62. The molecule has 108 valence electrons. The molecule has 6 nitrogen and oxygen atoms in total. The lowest BCUT2D eigenvalue weighted by Gasteiger charge is -2.05. The largest absolute Gasteiger partial charge is 0.365 e. The maximum atomic E-state index is 11.1. The zero-order valence-electron chi connectivity index (χ0n) is 11.8. The molecule has 0 aliphatic rings. The fourth-order valence-corrected chi connectivity index (χ4v) is 2.44. The number of rotatable bonds is 9. The number of aryl methyl sites for hydroxylation is 2. The minimum atomic E-state index is -0.345. The van der Waals surface area contributed by atoms with Gasteiger partial charge in [0.1, 0.15) is 5.69 Å². The van der Waals surface area contributed by atoms with Crippen molar-refractivity contribution in [1.82, 2.24) is 9.78 Å². The van der Waals surface area contributed by atoms with Gasteiger partial charge in [0, 0.05) is 13.6 Å². The molecule has 0 aromatic carbocycles. The molecular weight excluding hydrogens is 264 g/mol. The van der Waals surface area contributed by atoms with Crippen LogP contribution in [0.15, 0.2) is 0 Å². The minimum Gasteiger partial charge on any atom is -0.365 e. The first-order chi connectivity index (χ1) is 9.11. The second-order valence-corrected chi connectivity index (χ2v) is 5.34. The van der Waals surface area contributed by atoms with E-state index < -0.39 is 0 Å². The summed E-state index contributed by atoms with van der Waals surface area (Å²) in [5.41, 5.74) is 0.659. The van der Waals surface area contributed by atoms with Crippen molar-refractivity contribution in [1.29, 1.82) is 0 Å². The fourth-order valence-electron chi connectivity index (χ4n) is 1.95. The van der Waals surface area contributed by atoms with Gasteiger partial charge in [0.25, 0.3) is 0 Å². The lowest BCUT2D eigenvalue weighted by atomic mass is 10.2. The molecule has 1 rings (SSSR count). The molecule has 1 N–H and O–H groups in total. The van der Waals surface area contributed by atoms with Gasteiger partial charge >= 0.3 is 5.69 Å². The molecule has 0 amide bonds. The van der Waals surface area contributed by atoms with Crippen molar-refractivity contribution in [3.05, 3.63) is 15.8 Å². The zero-order chi connectivity index (χ0) is 14.3. The SMILES string of the molecule is CCc1nn(C)c(NCCCCCSC)c1[N+](=O)[O-]. The van der Waals surface area contributed by atoms with Crippen LogP contribution in [0.5, 0.6) is 0 Å². The normalized spacial score (nSPS) is 10.7. The molecule has 0 bridgehead atoms. The highest BCUT2D eigenvalue weighted by Crippen LogP contribution is 2.28. The van der Waals surface area contributed by atoms with E-state index >= 15 is 0 Å². The molecule has 0 aliphatic carbocycles. The highest BCUT2D eigenvalue weighted by molar-refractivity contribution is 7.98. The van der Waals surface area contributed by atoms with Crippen LogP contribution < -0.4 is 5.32 Å². The Morgan fingerprint density at radius 2 is 2.16 bits per heavy atom. The number of unbranched alkanes of at least 4 members (excludes halogenated alkanes) is 2. The topological polar surface area (TPSA) is 73.0 Å². The average molecular weight is 286 g/mol. The first-order valence-electron chi connectivity index (χ1n) is 6.54. The smallest absolute Gasteiger partial charge is 0.333 e. The Labute approximate surface area is 118 Å². The predicted octanol–water partition coefficient (Wildman–Crippen LogP) is 2.84. The molecule has 7 heteroatoms. The third kappa shape index (κ3) is 4.41. The lowest BCUT2D eigenvalue weighted by molar-refractivity contribution is -0.384. The summed E-state index contributed by atoms with van der Waals surface area (Å²) in [5, 5.41) is 18.4. The van der Waals surface area contributed by atoms with E-state index in [1.54, 1.807) is 11.7 Å². The van der Waals surface area contributed by atoms with Gasteiger partial charge in [-0.1, -0.05) is 13.3 Å². The van der Waals surface area contributed by atoms with E-state index in [1.165, 1.54) is 12.2 Å². The van der Waals surface area contributed by atoms with Crippen LogP contribution in [0.1, 0.15) is 31.9 Å². The van der Waals surface area contributed by atoms with E-state index in [0.29, 0.717) is 17.9 Å². The first-order valence-corrected chi connectivity index (χ1v) is 7.94. The van der Waals surface area contributed by atoms with E-state index in [1.807, 2.05) is 18.7 Å². The van der Waals surface area contributed by atoms with Gasteiger partial charge < -0.3 is 5.32 Å². The second kappa shape index (κ2) is 8.04. The number of nitrogens with zero attached hydrogens (tertiary/aromatic N) is 3. The molecular formula is C12H22N4O2S. The lowest BCUT2D eigenvalue weighted by Crippen LogP contribution is -2.08. The number of nitrogens with one attached hydrogen (secondary N) is 1. The third-order valence-electron chi connectivity index (χ3n) is 2.93. The second-order valence-electron chi connectivity index (χ2n) is 4.36. The molecule has 0 saturated heterocycles. The van der Waals surface area contributed by atoms with E-state index in [4.69, 9.17) is 0 Å². The standard InChI is InChI=1S/C12H22N4O2S/c1-4-10-11(16(17)18)12(15(2)14-10)13-8-6-5-7-9-19-3/h13H,4-9H2,1-3H3. The Kier molecular flexibility index (Phi) is 6.69. The highest BCUT2D eigenvalue weighted by atomic mass is 32.2. The molecule has 0 unspecified atom stereocenters. The Morgan fingerprint density at radius 3 is 2.74 bits per heavy atom. The number of hydrogen-bond acceptors (Lipinski definition) is 5. The van der Waals surface area contributed by atoms with Crippen LogP contribution in [0.25, 0.3) is 0 Å². The van der Waals surface area contributed by atoms with Gasteiger partial charge in [-0.2, -0.15) is 16.9 Å². The van der Waals surface area contributed by atoms with E-state index in [9.17, 15) is 10.1 Å². The average Bonchev–Trinajstić information content (AvgIpc) is 2.70. The molecule has 0 saturated carbocycles. The number of anilines is 1. The van der Waals surface area contributed by atoms with Crippen LogP contribution in [0, 0.1) is 10.1 Å². The predicted molar refractivity (Wildman–Crippen MR) is 80.0 cm³/mol. The van der Waals surface area contributed by atoms with Crippen LogP contribution in [0.3, 0.4) is 0 Å². The van der Waals surface area contributed by atoms with Crippen molar-refractivity contribution in [2.24, 2.45) is 7.05 Å². The quantitative estimate of drug-likeness (QED) is 0.429. The summed E-state index contributed by atoms with van der Waals surface area (Å²) in [6.45, 7) is 2.62. The highest BCUT2D eigenvalue weighted by Gasteiger charge is 2.24. The van der Waals surface area contributed by atoms with Crippen molar-refractivity contribution < 1.29 is 4.92 Å². The van der Waals surface area contributed by atoms with Gasteiger partial charge in [-0.25, -0.2) is 4.68 Å². The summed E-state index contributed by atoms with van der Waals surface area (Å²) in [7, 11) is 1.74. The molecule has 1 heterocycles. The fraction of sp³-hybridized carbons (Fsp3) is 0.750. The summed E-state index contributed by atoms with van der Waals surface area (Å²) in [6, 6.07) is 0. The molecule has 0 spiro atoms. The van der Waals surface area contributed by atoms with Gasteiger partial charge in [0.2, 0.25) is 5.82 Å². The Balaban J connectivity index is 2.57. The van der Waals surface area contributed by atoms with Crippen molar-refractivity contribution in [3.63, 3.8) is 0 Å². The molecule has 1 aromatic rings. The van der Waals surface area contributed by atoms with Crippen molar-refractivity contribution in [3.8, 4) is 0 Å². The van der Waals surface area contributed by atoms with Gasteiger partial charge in [-0.15, -0.1) is 0 Å². The first kappa shape index (κ1) is 15.8. The molecule has 0 fully saturated rings. The van der Waals surface area contributed by atoms with Crippen molar-refractivity contribution in [2.45, 2.75) is 32.6 Å². The summed E-state index contributed by atoms with van der Waals surface area (Å²) in [4.78, 5) is 10.8. The van der Waals surface area contributed by atoms with Crippen molar-refractivity contribution >= 4 is 23.3 Å². The van der Waals surface area contributed by atoms with E-state index in [0.717, 1.165) is 19.4 Å². The van der Waals surface area contributed by atoms with Gasteiger partial charge in [0.05, 0.1) is 4.92 Å². The van der Waals surface area contributed by atoms with E-state index in [-0.39, 0.29) is 10.6 Å². The minimum absolute atomic E-state index is 0.120. The van der Waals surface area contributed by atoms with Crippen LogP contribution in [0.4, 0.5) is 11.5 Å². The summed E-state index contributed by atoms with van der Waals surface area (Å²) in [6.07, 6.45) is 6.02. The summed E-state index contributed by atoms with van der Waals surface area (Å²) < 4.78 is 1.57.